The normalized spacial score (nSPS) is 23.2. The molecule has 0 aromatic carbocycles. The molecule has 1 aliphatic heterocycles. The molecule has 1 aliphatic rings. The maximum Gasteiger partial charge on any atom is 0.146 e. The molecular formula is C13H25N5. The van der Waals surface area contributed by atoms with Gasteiger partial charge in [0.05, 0.1) is 6.54 Å². The van der Waals surface area contributed by atoms with E-state index < -0.39 is 0 Å². The first kappa shape index (κ1) is 13.5. The summed E-state index contributed by atoms with van der Waals surface area (Å²) in [6.45, 7) is 9.01. The van der Waals surface area contributed by atoms with Crippen LogP contribution in [0.3, 0.4) is 0 Å². The first-order valence-electron chi connectivity index (χ1n) is 6.99. The predicted molar refractivity (Wildman–Crippen MR) is 72.1 cm³/mol. The van der Waals surface area contributed by atoms with Gasteiger partial charge in [0.25, 0.3) is 0 Å². The van der Waals surface area contributed by atoms with E-state index in [0.29, 0.717) is 6.04 Å². The van der Waals surface area contributed by atoms with Gasteiger partial charge in [0, 0.05) is 19.6 Å². The summed E-state index contributed by atoms with van der Waals surface area (Å²) in [6.07, 6.45) is 4.42. The van der Waals surface area contributed by atoms with Crippen LogP contribution < -0.4 is 5.32 Å². The Hall–Kier alpha value is -0.940. The van der Waals surface area contributed by atoms with Crippen LogP contribution in [0.25, 0.3) is 0 Å². The van der Waals surface area contributed by atoms with Gasteiger partial charge >= 0.3 is 0 Å². The van der Waals surface area contributed by atoms with E-state index in [9.17, 15) is 0 Å². The molecule has 1 N–H and O–H groups in total. The van der Waals surface area contributed by atoms with Crippen molar-refractivity contribution in [2.45, 2.75) is 39.3 Å². The first-order chi connectivity index (χ1) is 8.70. The van der Waals surface area contributed by atoms with Crippen LogP contribution in [0.15, 0.2) is 6.33 Å². The molecule has 5 nitrogen and oxygen atoms in total. The lowest BCUT2D eigenvalue weighted by molar-refractivity contribution is 0.156. The van der Waals surface area contributed by atoms with Crippen LogP contribution in [-0.4, -0.2) is 45.3 Å². The third-order valence-corrected chi connectivity index (χ3v) is 4.08. The minimum absolute atomic E-state index is 0.538. The Bertz CT molecular complexity index is 362. The topological polar surface area (TPSA) is 46.0 Å². The number of rotatable bonds is 5. The van der Waals surface area contributed by atoms with Gasteiger partial charge in [-0.3, -0.25) is 0 Å². The lowest BCUT2D eigenvalue weighted by Gasteiger charge is -2.35. The summed E-state index contributed by atoms with van der Waals surface area (Å²) in [5.41, 5.74) is 0. The van der Waals surface area contributed by atoms with Crippen LogP contribution in [0.1, 0.15) is 32.5 Å². The summed E-state index contributed by atoms with van der Waals surface area (Å²) >= 11 is 0. The molecule has 0 bridgehead atoms. The molecule has 18 heavy (non-hydrogen) atoms. The summed E-state index contributed by atoms with van der Waals surface area (Å²) in [6, 6.07) is 0.538. The van der Waals surface area contributed by atoms with Gasteiger partial charge in [-0.1, -0.05) is 6.92 Å². The SMILES string of the molecule is CCN1CCCC(C(C)NCc2nncn2C)C1. The molecule has 2 unspecified atom stereocenters. The Morgan fingerprint density at radius 2 is 2.39 bits per heavy atom. The van der Waals surface area contributed by atoms with E-state index in [1.54, 1.807) is 6.33 Å². The first-order valence-corrected chi connectivity index (χ1v) is 6.99. The van der Waals surface area contributed by atoms with Crippen molar-refractivity contribution < 1.29 is 0 Å². The Morgan fingerprint density at radius 1 is 1.56 bits per heavy atom. The number of piperidine rings is 1. The van der Waals surface area contributed by atoms with Crippen molar-refractivity contribution in [1.82, 2.24) is 25.0 Å². The molecule has 2 atom stereocenters. The fourth-order valence-electron chi connectivity index (χ4n) is 2.67. The smallest absolute Gasteiger partial charge is 0.146 e. The molecule has 5 heteroatoms. The predicted octanol–water partition coefficient (Wildman–Crippen LogP) is 1.03. The number of aromatic nitrogens is 3. The van der Waals surface area contributed by atoms with E-state index in [4.69, 9.17) is 0 Å². The van der Waals surface area contributed by atoms with Crippen LogP contribution >= 0.6 is 0 Å². The van der Waals surface area contributed by atoms with Crippen LogP contribution in [-0.2, 0) is 13.6 Å². The second-order valence-corrected chi connectivity index (χ2v) is 5.32. The highest BCUT2D eigenvalue weighted by Crippen LogP contribution is 2.19. The van der Waals surface area contributed by atoms with Gasteiger partial charge in [-0.25, -0.2) is 0 Å². The van der Waals surface area contributed by atoms with E-state index in [1.807, 2.05) is 11.6 Å². The quantitative estimate of drug-likeness (QED) is 0.849. The zero-order valence-corrected chi connectivity index (χ0v) is 11.8. The number of likely N-dealkylation sites (tertiary alicyclic amines) is 1. The van der Waals surface area contributed by atoms with Crippen LogP contribution in [0, 0.1) is 5.92 Å². The molecular weight excluding hydrogens is 226 g/mol. The third kappa shape index (κ3) is 3.29. The van der Waals surface area contributed by atoms with E-state index in [2.05, 4.69) is 34.3 Å². The van der Waals surface area contributed by atoms with Gasteiger partial charge in [-0.15, -0.1) is 10.2 Å². The lowest BCUT2D eigenvalue weighted by Crippen LogP contribution is -2.44. The molecule has 0 amide bonds. The third-order valence-electron chi connectivity index (χ3n) is 4.08. The Kier molecular flexibility index (Phi) is 4.72. The van der Waals surface area contributed by atoms with Crippen molar-refractivity contribution in [1.29, 1.82) is 0 Å². The molecule has 1 fully saturated rings. The highest BCUT2D eigenvalue weighted by Gasteiger charge is 2.23. The van der Waals surface area contributed by atoms with Gasteiger partial charge in [-0.2, -0.15) is 0 Å². The minimum Gasteiger partial charge on any atom is -0.320 e. The largest absolute Gasteiger partial charge is 0.320 e. The summed E-state index contributed by atoms with van der Waals surface area (Å²) in [4.78, 5) is 2.55. The molecule has 1 aromatic heterocycles. The zero-order chi connectivity index (χ0) is 13.0. The molecule has 0 spiro atoms. The summed E-state index contributed by atoms with van der Waals surface area (Å²) in [5.74, 6) is 1.76. The van der Waals surface area contributed by atoms with E-state index >= 15 is 0 Å². The van der Waals surface area contributed by atoms with E-state index in [-0.39, 0.29) is 0 Å². The standard InChI is InChI=1S/C13H25N5/c1-4-18-7-5-6-12(9-18)11(2)14-8-13-16-15-10-17(13)3/h10-12,14H,4-9H2,1-3H3. The van der Waals surface area contributed by atoms with Gasteiger partial charge < -0.3 is 14.8 Å². The lowest BCUT2D eigenvalue weighted by atomic mass is 9.91. The molecule has 0 aliphatic carbocycles. The molecule has 0 saturated carbocycles. The summed E-state index contributed by atoms with van der Waals surface area (Å²) in [7, 11) is 1.99. The average molecular weight is 251 g/mol. The van der Waals surface area contributed by atoms with Crippen molar-refractivity contribution in [2.24, 2.45) is 13.0 Å². The fraction of sp³-hybridized carbons (Fsp3) is 0.846. The summed E-state index contributed by atoms with van der Waals surface area (Å²) < 4.78 is 1.97. The average Bonchev–Trinajstić information content (AvgIpc) is 2.81. The van der Waals surface area contributed by atoms with Crippen LogP contribution in [0.4, 0.5) is 0 Å². The van der Waals surface area contributed by atoms with Gasteiger partial charge in [-0.05, 0) is 38.8 Å². The maximum absolute atomic E-state index is 4.10. The summed E-state index contributed by atoms with van der Waals surface area (Å²) in [5, 5.41) is 11.6. The number of nitrogens with one attached hydrogen (secondary N) is 1. The monoisotopic (exact) mass is 251 g/mol. The minimum atomic E-state index is 0.538. The zero-order valence-electron chi connectivity index (χ0n) is 11.8. The second kappa shape index (κ2) is 6.29. The number of hydrogen-bond donors (Lipinski definition) is 1. The molecule has 0 radical (unpaired) electrons. The molecule has 2 heterocycles. The molecule has 1 aromatic rings. The fourth-order valence-corrected chi connectivity index (χ4v) is 2.67. The highest BCUT2D eigenvalue weighted by atomic mass is 15.3. The van der Waals surface area contributed by atoms with E-state index in [1.165, 1.54) is 32.5 Å². The van der Waals surface area contributed by atoms with Crippen LogP contribution in [0.2, 0.25) is 0 Å². The maximum atomic E-state index is 4.10. The second-order valence-electron chi connectivity index (χ2n) is 5.32. The van der Waals surface area contributed by atoms with Gasteiger partial charge in [0.2, 0.25) is 0 Å². The molecule has 1 saturated heterocycles. The van der Waals surface area contributed by atoms with Gasteiger partial charge in [0.1, 0.15) is 12.2 Å². The van der Waals surface area contributed by atoms with Crippen molar-refractivity contribution in [3.05, 3.63) is 12.2 Å². The van der Waals surface area contributed by atoms with Crippen molar-refractivity contribution >= 4 is 0 Å². The Morgan fingerprint density at radius 3 is 3.06 bits per heavy atom. The number of hydrogen-bond acceptors (Lipinski definition) is 4. The van der Waals surface area contributed by atoms with Crippen molar-refractivity contribution in [2.75, 3.05) is 19.6 Å². The highest BCUT2D eigenvalue weighted by molar-refractivity contribution is 4.86. The Labute approximate surface area is 110 Å². The van der Waals surface area contributed by atoms with Crippen molar-refractivity contribution in [3.8, 4) is 0 Å². The van der Waals surface area contributed by atoms with Gasteiger partial charge in [0.15, 0.2) is 0 Å². The molecule has 102 valence electrons. The molecule has 2 rings (SSSR count). The Balaban J connectivity index is 1.80. The number of nitrogens with zero attached hydrogens (tertiary/aromatic N) is 4. The van der Waals surface area contributed by atoms with Crippen molar-refractivity contribution in [3.63, 3.8) is 0 Å². The van der Waals surface area contributed by atoms with E-state index in [0.717, 1.165) is 18.3 Å². The van der Waals surface area contributed by atoms with Crippen LogP contribution in [0.5, 0.6) is 0 Å². The number of aryl methyl sites for hydroxylation is 1.